The molecule has 0 radical (unpaired) electrons. The van der Waals surface area contributed by atoms with Crippen molar-refractivity contribution in [3.63, 3.8) is 0 Å². The second-order valence-electron chi connectivity index (χ2n) is 4.89. The maximum absolute atomic E-state index is 12.3. The summed E-state index contributed by atoms with van der Waals surface area (Å²) >= 11 is 0.862. The number of nitrogens with one attached hydrogen (secondary N) is 1. The number of rotatable bonds is 3. The van der Waals surface area contributed by atoms with Crippen LogP contribution < -0.4 is 10.5 Å². The van der Waals surface area contributed by atoms with Crippen LogP contribution in [-0.2, 0) is 19.9 Å². The van der Waals surface area contributed by atoms with Crippen LogP contribution in [0.25, 0.3) is 0 Å². The molecular weight excluding hydrogens is 308 g/mol. The fourth-order valence-corrected chi connectivity index (χ4v) is 7.90. The lowest BCUT2D eigenvalue weighted by atomic mass is 9.96. The molecule has 110 valence electrons. The van der Waals surface area contributed by atoms with Crippen LogP contribution in [0.5, 0.6) is 0 Å². The molecule has 2 rings (SSSR count). The number of nitrogens with two attached hydrogens (primary N) is 1. The number of hydrogen-bond acceptors (Lipinski definition) is 6. The van der Waals surface area contributed by atoms with Gasteiger partial charge in [-0.05, 0) is 19.9 Å². The highest BCUT2D eigenvalue weighted by molar-refractivity contribution is 8.24. The molecule has 4 atom stereocenters. The quantitative estimate of drug-likeness (QED) is 0.755. The lowest BCUT2D eigenvalue weighted by Crippen LogP contribution is -2.50. The van der Waals surface area contributed by atoms with Crippen molar-refractivity contribution in [2.24, 2.45) is 11.1 Å². The zero-order valence-corrected chi connectivity index (χ0v) is 13.2. The fourth-order valence-electron chi connectivity index (χ4n) is 2.58. The van der Waals surface area contributed by atoms with Crippen molar-refractivity contribution < 1.29 is 16.8 Å². The van der Waals surface area contributed by atoms with E-state index in [1.165, 1.54) is 6.08 Å². The van der Waals surface area contributed by atoms with Crippen molar-refractivity contribution in [1.29, 1.82) is 0 Å². The first-order chi connectivity index (χ1) is 8.67. The van der Waals surface area contributed by atoms with Gasteiger partial charge in [0, 0.05) is 12.0 Å². The first-order valence-corrected chi connectivity index (χ1v) is 10.1. The molecule has 0 saturated carbocycles. The lowest BCUT2D eigenvalue weighted by Gasteiger charge is -2.36. The molecule has 0 bridgehead atoms. The van der Waals surface area contributed by atoms with Gasteiger partial charge < -0.3 is 5.32 Å². The molecule has 1 saturated heterocycles. The molecule has 6 nitrogen and oxygen atoms in total. The molecule has 2 aliphatic heterocycles. The fraction of sp³-hybridized carbons (Fsp3) is 0.800. The van der Waals surface area contributed by atoms with Crippen LogP contribution in [0.2, 0.25) is 0 Å². The van der Waals surface area contributed by atoms with E-state index in [-0.39, 0.29) is 16.2 Å². The van der Waals surface area contributed by atoms with Crippen molar-refractivity contribution in [3.05, 3.63) is 10.3 Å². The highest BCUT2D eigenvalue weighted by Gasteiger charge is 2.50. The first kappa shape index (κ1) is 15.3. The second-order valence-corrected chi connectivity index (χ2v) is 10.7. The number of primary sulfonamides is 1. The minimum atomic E-state index is -3.83. The minimum absolute atomic E-state index is 0.0249. The largest absolute Gasteiger partial charge is 0.314 e. The maximum atomic E-state index is 12.3. The summed E-state index contributed by atoms with van der Waals surface area (Å²) in [5.74, 6) is -0.334. The Bertz CT molecular complexity index is 596. The molecule has 2 heterocycles. The maximum Gasteiger partial charge on any atom is 0.243 e. The van der Waals surface area contributed by atoms with Crippen LogP contribution in [-0.4, -0.2) is 39.3 Å². The van der Waals surface area contributed by atoms with Gasteiger partial charge >= 0.3 is 0 Å². The molecule has 0 spiro atoms. The average Bonchev–Trinajstić information content (AvgIpc) is 2.72. The lowest BCUT2D eigenvalue weighted by molar-refractivity contribution is 0.380. The van der Waals surface area contributed by atoms with Crippen LogP contribution in [0.4, 0.5) is 0 Å². The zero-order valence-electron chi connectivity index (χ0n) is 10.7. The topological polar surface area (TPSA) is 106 Å². The van der Waals surface area contributed by atoms with Gasteiger partial charge in [0.25, 0.3) is 0 Å². The van der Waals surface area contributed by atoms with Gasteiger partial charge in [-0.25, -0.2) is 22.0 Å². The average molecular weight is 326 g/mol. The third-order valence-electron chi connectivity index (χ3n) is 3.56. The summed E-state index contributed by atoms with van der Waals surface area (Å²) in [4.78, 5) is 0. The van der Waals surface area contributed by atoms with E-state index in [9.17, 15) is 16.8 Å². The SMILES string of the molecule is CCN[C@H]1C[C@H](C)S(=O)(=O)[C@@H]2SC(S(N)(=O)=O)=C[C@@H]12. The van der Waals surface area contributed by atoms with Gasteiger partial charge in [-0.15, -0.1) is 0 Å². The van der Waals surface area contributed by atoms with Crippen LogP contribution in [0, 0.1) is 5.92 Å². The van der Waals surface area contributed by atoms with Crippen molar-refractivity contribution in [2.75, 3.05) is 6.54 Å². The number of sulfone groups is 1. The highest BCUT2D eigenvalue weighted by atomic mass is 32.3. The van der Waals surface area contributed by atoms with E-state index in [0.29, 0.717) is 13.0 Å². The monoisotopic (exact) mass is 326 g/mol. The molecule has 0 aliphatic carbocycles. The molecule has 19 heavy (non-hydrogen) atoms. The van der Waals surface area contributed by atoms with Crippen LogP contribution in [0.15, 0.2) is 10.3 Å². The van der Waals surface area contributed by atoms with Crippen molar-refractivity contribution in [2.45, 2.75) is 36.1 Å². The number of sulfonamides is 1. The summed E-state index contributed by atoms with van der Waals surface area (Å²) < 4.78 is 46.6. The van der Waals surface area contributed by atoms with Gasteiger partial charge in [0.1, 0.15) is 8.82 Å². The zero-order chi connectivity index (χ0) is 14.4. The first-order valence-electron chi connectivity index (χ1n) is 6.05. The summed E-state index contributed by atoms with van der Waals surface area (Å²) in [6, 6.07) is -0.0275. The van der Waals surface area contributed by atoms with Crippen LogP contribution in [0.3, 0.4) is 0 Å². The third-order valence-corrected chi connectivity index (χ3v) is 9.52. The summed E-state index contributed by atoms with van der Waals surface area (Å²) in [5, 5.41) is 7.87. The molecule has 0 amide bonds. The van der Waals surface area contributed by atoms with Gasteiger partial charge in [-0.1, -0.05) is 24.8 Å². The van der Waals surface area contributed by atoms with E-state index in [2.05, 4.69) is 5.32 Å². The standard InChI is InChI=1S/C10H18N2O4S3/c1-3-12-8-4-6(2)18(13,14)10-7(8)5-9(17-10)19(11,15)16/h5-8,10,12H,3-4H2,1-2H3,(H2,11,15,16)/t6-,7-,8-,10-/m0/s1. The highest BCUT2D eigenvalue weighted by Crippen LogP contribution is 2.47. The summed E-state index contributed by atoms with van der Waals surface area (Å²) in [6.45, 7) is 4.32. The predicted octanol–water partition coefficient (Wildman–Crippen LogP) is -0.00950. The Morgan fingerprint density at radius 1 is 1.53 bits per heavy atom. The van der Waals surface area contributed by atoms with Crippen LogP contribution in [0.1, 0.15) is 20.3 Å². The van der Waals surface area contributed by atoms with E-state index in [4.69, 9.17) is 5.14 Å². The predicted molar refractivity (Wildman–Crippen MR) is 76.5 cm³/mol. The van der Waals surface area contributed by atoms with Gasteiger partial charge in [-0.2, -0.15) is 0 Å². The molecule has 0 unspecified atom stereocenters. The Morgan fingerprint density at radius 2 is 2.16 bits per heavy atom. The number of thioether (sulfide) groups is 1. The Labute approximate surface area is 118 Å². The second kappa shape index (κ2) is 5.03. The van der Waals surface area contributed by atoms with Crippen LogP contribution >= 0.6 is 11.8 Å². The molecular formula is C10H18N2O4S3. The molecule has 9 heteroatoms. The van der Waals surface area contributed by atoms with E-state index in [1.807, 2.05) is 6.92 Å². The number of fused-ring (bicyclic) bond motifs is 1. The molecule has 2 aliphatic rings. The van der Waals surface area contributed by atoms with Crippen molar-refractivity contribution in [3.8, 4) is 0 Å². The molecule has 3 N–H and O–H groups in total. The van der Waals surface area contributed by atoms with Crippen molar-refractivity contribution >= 4 is 31.6 Å². The van der Waals surface area contributed by atoms with E-state index in [1.54, 1.807) is 6.92 Å². The molecule has 0 aromatic heterocycles. The van der Waals surface area contributed by atoms with Gasteiger partial charge in [0.2, 0.25) is 10.0 Å². The van der Waals surface area contributed by atoms with E-state index >= 15 is 0 Å². The minimum Gasteiger partial charge on any atom is -0.314 e. The summed E-state index contributed by atoms with van der Waals surface area (Å²) in [7, 11) is -7.17. The molecule has 0 aromatic carbocycles. The van der Waals surface area contributed by atoms with E-state index < -0.39 is 29.7 Å². The van der Waals surface area contributed by atoms with Gasteiger partial charge in [0.15, 0.2) is 9.84 Å². The third kappa shape index (κ3) is 2.71. The Morgan fingerprint density at radius 3 is 2.68 bits per heavy atom. The Balaban J connectivity index is 2.40. The smallest absolute Gasteiger partial charge is 0.243 e. The van der Waals surface area contributed by atoms with Gasteiger partial charge in [0.05, 0.1) is 5.25 Å². The van der Waals surface area contributed by atoms with Crippen molar-refractivity contribution in [1.82, 2.24) is 5.32 Å². The van der Waals surface area contributed by atoms with Gasteiger partial charge in [-0.3, -0.25) is 0 Å². The normalized spacial score (nSPS) is 37.7. The molecule has 0 aromatic rings. The Hall–Kier alpha value is -0.0900. The summed E-state index contributed by atoms with van der Waals surface area (Å²) in [6.07, 6.45) is 1.99. The molecule has 1 fully saturated rings. The summed E-state index contributed by atoms with van der Waals surface area (Å²) in [5.41, 5.74) is 0. The Kier molecular flexibility index (Phi) is 4.05. The van der Waals surface area contributed by atoms with E-state index in [0.717, 1.165) is 11.8 Å². The number of hydrogen-bond donors (Lipinski definition) is 2.